The smallest absolute Gasteiger partial charge is 0.271 e. The van der Waals surface area contributed by atoms with Crippen LogP contribution in [-0.4, -0.2) is 32.3 Å². The van der Waals surface area contributed by atoms with Gasteiger partial charge in [-0.05, 0) is 32.7 Å². The minimum atomic E-state index is -0.518. The van der Waals surface area contributed by atoms with Crippen LogP contribution in [-0.2, 0) is 0 Å². The van der Waals surface area contributed by atoms with Gasteiger partial charge < -0.3 is 26.4 Å². The normalized spacial score (nSPS) is 10.7. The van der Waals surface area contributed by atoms with E-state index in [-0.39, 0.29) is 17.2 Å². The van der Waals surface area contributed by atoms with Crippen molar-refractivity contribution in [1.29, 1.82) is 0 Å². The number of nitrogens with two attached hydrogens (primary N) is 1. The highest BCUT2D eigenvalue weighted by molar-refractivity contribution is 5.74. The maximum Gasteiger partial charge on any atom is 0.271 e. The maximum absolute atomic E-state index is 11.4. The molecule has 9 heteroatoms. The molecular formula is C29H52N4O5. The first-order valence-corrected chi connectivity index (χ1v) is 14.2. The molecule has 0 unspecified atom stereocenters. The van der Waals surface area contributed by atoms with Crippen molar-refractivity contribution >= 4 is 17.1 Å². The average molecular weight is 537 g/mol. The molecule has 218 valence electrons. The fraction of sp³-hybridized carbons (Fsp3) is 0.724. The molecule has 0 saturated carbocycles. The lowest BCUT2D eigenvalue weighted by Crippen LogP contribution is -2.38. The third-order valence-electron chi connectivity index (χ3n) is 5.58. The van der Waals surface area contributed by atoms with Gasteiger partial charge >= 0.3 is 0 Å². The van der Waals surface area contributed by atoms with Crippen LogP contribution in [0.3, 0.4) is 0 Å². The number of anilines is 3. The van der Waals surface area contributed by atoms with Crippen molar-refractivity contribution in [3.05, 3.63) is 40.9 Å². The SMILES string of the molecule is CC(C)N.CCCCCCCNc1c(NC(C)C)c(=O)c1=O.CCCCCCCNc1c(OC)c(=O)c1=O. The summed E-state index contributed by atoms with van der Waals surface area (Å²) in [6.07, 6.45) is 11.8. The van der Waals surface area contributed by atoms with Crippen molar-refractivity contribution < 1.29 is 4.74 Å². The van der Waals surface area contributed by atoms with E-state index in [1.54, 1.807) is 0 Å². The van der Waals surface area contributed by atoms with Gasteiger partial charge in [0.15, 0.2) is 5.75 Å². The Labute approximate surface area is 228 Å². The van der Waals surface area contributed by atoms with Gasteiger partial charge in [0.05, 0.1) is 7.11 Å². The van der Waals surface area contributed by atoms with Crippen LogP contribution in [0.2, 0.25) is 0 Å². The Morgan fingerprint density at radius 1 is 0.632 bits per heavy atom. The topological polar surface area (TPSA) is 140 Å². The van der Waals surface area contributed by atoms with Crippen molar-refractivity contribution in [2.75, 3.05) is 36.1 Å². The number of hydrogen-bond acceptors (Lipinski definition) is 9. The molecule has 2 aromatic carbocycles. The highest BCUT2D eigenvalue weighted by Crippen LogP contribution is 2.17. The average Bonchev–Trinajstić information content (AvgIpc) is 2.87. The standard InChI is InChI=1S/C14H24N2O2.C12H19NO3.C3H9N/c1-4-5-6-7-8-9-15-11-12(16-10(2)3)14(18)13(11)17;1-3-4-5-6-7-8-13-9-10(14)11(15)12(9)16-2;1-3(2)4/h10,15-16H,4-9H2,1-3H3;13H,3-8H2,1-2H3;3H,4H2,1-2H3. The van der Waals surface area contributed by atoms with Gasteiger partial charge in [-0.25, -0.2) is 0 Å². The van der Waals surface area contributed by atoms with Crippen LogP contribution in [0.25, 0.3) is 0 Å². The molecule has 0 bridgehead atoms. The van der Waals surface area contributed by atoms with Crippen LogP contribution in [0.5, 0.6) is 5.75 Å². The van der Waals surface area contributed by atoms with Crippen LogP contribution < -0.4 is 48.1 Å². The first-order valence-electron chi connectivity index (χ1n) is 14.2. The van der Waals surface area contributed by atoms with Crippen LogP contribution in [0.1, 0.15) is 106 Å². The third-order valence-corrected chi connectivity index (χ3v) is 5.58. The molecule has 0 atom stereocenters. The van der Waals surface area contributed by atoms with E-state index < -0.39 is 16.3 Å². The van der Waals surface area contributed by atoms with E-state index in [4.69, 9.17) is 10.5 Å². The van der Waals surface area contributed by atoms with Crippen LogP contribution >= 0.6 is 0 Å². The molecule has 2 aromatic rings. The highest BCUT2D eigenvalue weighted by Gasteiger charge is 2.21. The molecule has 0 aromatic heterocycles. The lowest BCUT2D eigenvalue weighted by molar-refractivity contribution is 0.407. The predicted molar refractivity (Wildman–Crippen MR) is 162 cm³/mol. The summed E-state index contributed by atoms with van der Waals surface area (Å²) in [6.45, 7) is 13.6. The number of unbranched alkanes of at least 4 members (excludes halogenated alkanes) is 8. The summed E-state index contributed by atoms with van der Waals surface area (Å²) in [4.78, 5) is 44.9. The quantitative estimate of drug-likeness (QED) is 0.170. The summed E-state index contributed by atoms with van der Waals surface area (Å²) < 4.78 is 4.82. The summed E-state index contributed by atoms with van der Waals surface area (Å²) in [5.74, 6) is 0.179. The highest BCUT2D eigenvalue weighted by atomic mass is 16.5. The fourth-order valence-corrected chi connectivity index (χ4v) is 3.60. The van der Waals surface area contributed by atoms with E-state index in [0.717, 1.165) is 32.4 Å². The zero-order valence-corrected chi connectivity index (χ0v) is 24.8. The number of hydrogen-bond donors (Lipinski definition) is 4. The molecule has 0 fully saturated rings. The first kappa shape index (κ1) is 35.3. The summed E-state index contributed by atoms with van der Waals surface area (Å²) in [6, 6.07) is 0.499. The molecule has 9 nitrogen and oxygen atoms in total. The molecule has 38 heavy (non-hydrogen) atoms. The Bertz CT molecular complexity index is 1030. The van der Waals surface area contributed by atoms with Crippen molar-refractivity contribution in [3.8, 4) is 5.75 Å². The summed E-state index contributed by atoms with van der Waals surface area (Å²) in [5, 5.41) is 9.06. The van der Waals surface area contributed by atoms with E-state index in [1.807, 2.05) is 27.7 Å². The molecule has 0 aliphatic rings. The Morgan fingerprint density at radius 3 is 1.45 bits per heavy atom. The van der Waals surface area contributed by atoms with Gasteiger partial charge in [-0.1, -0.05) is 79.1 Å². The molecular weight excluding hydrogens is 484 g/mol. The van der Waals surface area contributed by atoms with E-state index in [0.29, 0.717) is 23.1 Å². The molecule has 2 rings (SSSR count). The predicted octanol–water partition coefficient (Wildman–Crippen LogP) is 4.51. The fourth-order valence-electron chi connectivity index (χ4n) is 3.60. The van der Waals surface area contributed by atoms with E-state index in [1.165, 1.54) is 52.1 Å². The van der Waals surface area contributed by atoms with Gasteiger partial charge in [0.2, 0.25) is 0 Å². The second-order valence-corrected chi connectivity index (χ2v) is 10.2. The number of ether oxygens (including phenoxy) is 1. The summed E-state index contributed by atoms with van der Waals surface area (Å²) in [7, 11) is 1.41. The zero-order valence-electron chi connectivity index (χ0n) is 24.8. The Kier molecular flexibility index (Phi) is 18.9. The van der Waals surface area contributed by atoms with E-state index >= 15 is 0 Å². The molecule has 0 spiro atoms. The molecule has 5 N–H and O–H groups in total. The number of nitrogens with one attached hydrogen (secondary N) is 3. The minimum Gasteiger partial charge on any atom is -0.491 e. The van der Waals surface area contributed by atoms with E-state index in [9.17, 15) is 19.2 Å². The van der Waals surface area contributed by atoms with Gasteiger partial charge in [0.25, 0.3) is 21.7 Å². The lowest BCUT2D eigenvalue weighted by Gasteiger charge is -2.16. The van der Waals surface area contributed by atoms with Crippen LogP contribution in [0, 0.1) is 0 Å². The van der Waals surface area contributed by atoms with E-state index in [2.05, 4.69) is 29.8 Å². The maximum atomic E-state index is 11.4. The van der Waals surface area contributed by atoms with Crippen molar-refractivity contribution in [2.45, 2.75) is 118 Å². The lowest BCUT2D eigenvalue weighted by atomic mass is 10.1. The largest absolute Gasteiger partial charge is 0.491 e. The molecule has 0 saturated heterocycles. The van der Waals surface area contributed by atoms with Gasteiger partial charge in [0.1, 0.15) is 17.1 Å². The molecule has 0 heterocycles. The second-order valence-electron chi connectivity index (χ2n) is 10.2. The second kappa shape index (κ2) is 20.3. The Balaban J connectivity index is 0.000000635. The monoisotopic (exact) mass is 536 g/mol. The third kappa shape index (κ3) is 13.2. The minimum absolute atomic E-state index is 0.165. The van der Waals surface area contributed by atoms with Gasteiger partial charge in [-0.2, -0.15) is 0 Å². The van der Waals surface area contributed by atoms with Crippen molar-refractivity contribution in [1.82, 2.24) is 0 Å². The molecule has 0 aliphatic carbocycles. The summed E-state index contributed by atoms with van der Waals surface area (Å²) >= 11 is 0. The summed E-state index contributed by atoms with van der Waals surface area (Å²) in [5.41, 5.74) is 4.65. The Hall–Kier alpha value is -2.68. The molecule has 0 aliphatic heterocycles. The van der Waals surface area contributed by atoms with Gasteiger partial charge in [0, 0.05) is 19.1 Å². The van der Waals surface area contributed by atoms with Crippen LogP contribution in [0.4, 0.5) is 17.1 Å². The zero-order chi connectivity index (χ0) is 29.1. The molecule has 0 radical (unpaired) electrons. The number of methoxy groups -OCH3 is 1. The van der Waals surface area contributed by atoms with Gasteiger partial charge in [-0.15, -0.1) is 0 Å². The Morgan fingerprint density at radius 2 is 1.03 bits per heavy atom. The number of rotatable bonds is 17. The van der Waals surface area contributed by atoms with Crippen molar-refractivity contribution in [3.63, 3.8) is 0 Å². The first-order chi connectivity index (χ1) is 18.0. The van der Waals surface area contributed by atoms with Crippen molar-refractivity contribution in [2.24, 2.45) is 5.73 Å². The van der Waals surface area contributed by atoms with Crippen LogP contribution in [0.15, 0.2) is 19.2 Å². The van der Waals surface area contributed by atoms with Gasteiger partial charge in [-0.3, -0.25) is 19.2 Å². The molecule has 0 amide bonds.